The van der Waals surface area contributed by atoms with Crippen LogP contribution in [-0.2, 0) is 6.42 Å². The van der Waals surface area contributed by atoms with Gasteiger partial charge in [-0.3, -0.25) is 9.89 Å². The SMILES string of the molecule is CCCc1[nH]nc(C(=O)Nc2cc(Br)ccc2Cl)c1N. The average molecular weight is 358 g/mol. The van der Waals surface area contributed by atoms with Gasteiger partial charge in [0.05, 0.1) is 22.1 Å². The minimum Gasteiger partial charge on any atom is -0.395 e. The van der Waals surface area contributed by atoms with Crippen molar-refractivity contribution >= 4 is 44.8 Å². The molecule has 0 spiro atoms. The first kappa shape index (κ1) is 14.9. The van der Waals surface area contributed by atoms with Gasteiger partial charge in [-0.1, -0.05) is 40.9 Å². The maximum absolute atomic E-state index is 12.2. The zero-order valence-corrected chi connectivity index (χ0v) is 13.2. The fraction of sp³-hybridized carbons (Fsp3) is 0.231. The molecule has 1 aromatic carbocycles. The first-order valence-corrected chi connectivity index (χ1v) is 7.29. The first-order chi connectivity index (χ1) is 9.52. The summed E-state index contributed by atoms with van der Waals surface area (Å²) in [7, 11) is 0. The molecule has 4 N–H and O–H groups in total. The minimum absolute atomic E-state index is 0.185. The van der Waals surface area contributed by atoms with Crippen LogP contribution in [0.2, 0.25) is 5.02 Å². The Bertz CT molecular complexity index is 641. The Morgan fingerprint density at radius 1 is 1.55 bits per heavy atom. The summed E-state index contributed by atoms with van der Waals surface area (Å²) >= 11 is 9.35. The van der Waals surface area contributed by atoms with Gasteiger partial charge in [0.2, 0.25) is 0 Å². The fourth-order valence-corrected chi connectivity index (χ4v) is 2.30. The molecule has 0 saturated carbocycles. The molecule has 0 atom stereocenters. The summed E-state index contributed by atoms with van der Waals surface area (Å²) in [6.45, 7) is 2.03. The van der Waals surface area contributed by atoms with Gasteiger partial charge in [-0.2, -0.15) is 5.10 Å². The number of amides is 1. The van der Waals surface area contributed by atoms with Crippen molar-refractivity contribution in [1.82, 2.24) is 10.2 Å². The number of carbonyl (C=O) groups is 1. The van der Waals surface area contributed by atoms with Gasteiger partial charge < -0.3 is 11.1 Å². The first-order valence-electron chi connectivity index (χ1n) is 6.12. The number of rotatable bonds is 4. The van der Waals surface area contributed by atoms with Gasteiger partial charge >= 0.3 is 0 Å². The molecule has 1 heterocycles. The molecule has 1 amide bonds. The maximum atomic E-state index is 12.2. The average Bonchev–Trinajstić information content (AvgIpc) is 2.76. The Morgan fingerprint density at radius 2 is 2.30 bits per heavy atom. The zero-order chi connectivity index (χ0) is 14.7. The fourth-order valence-electron chi connectivity index (χ4n) is 1.78. The number of anilines is 2. The molecule has 0 bridgehead atoms. The lowest BCUT2D eigenvalue weighted by atomic mass is 10.2. The summed E-state index contributed by atoms with van der Waals surface area (Å²) in [6.07, 6.45) is 1.68. The third-order valence-electron chi connectivity index (χ3n) is 2.77. The summed E-state index contributed by atoms with van der Waals surface area (Å²) in [5.74, 6) is -0.388. The molecule has 0 aliphatic heterocycles. The molecule has 5 nitrogen and oxygen atoms in total. The molecule has 106 valence electrons. The number of aromatic nitrogens is 2. The topological polar surface area (TPSA) is 83.8 Å². The molecule has 0 aliphatic carbocycles. The van der Waals surface area contributed by atoms with E-state index in [4.69, 9.17) is 17.3 Å². The number of H-pyrrole nitrogens is 1. The van der Waals surface area contributed by atoms with Gasteiger partial charge in [0, 0.05) is 4.47 Å². The predicted molar refractivity (Wildman–Crippen MR) is 84.1 cm³/mol. The second kappa shape index (κ2) is 6.28. The molecular weight excluding hydrogens is 344 g/mol. The van der Waals surface area contributed by atoms with Crippen molar-refractivity contribution < 1.29 is 4.79 Å². The quantitative estimate of drug-likeness (QED) is 0.781. The van der Waals surface area contributed by atoms with Gasteiger partial charge in [0.15, 0.2) is 5.69 Å². The number of hydrogen-bond donors (Lipinski definition) is 3. The van der Waals surface area contributed by atoms with E-state index in [9.17, 15) is 4.79 Å². The standard InChI is InChI=1S/C13H14BrClN4O/c1-2-3-9-11(16)12(19-18-9)13(20)17-10-6-7(14)4-5-8(10)15/h4-6H,2-3,16H2,1H3,(H,17,20)(H,18,19). The van der Waals surface area contributed by atoms with Crippen molar-refractivity contribution in [2.75, 3.05) is 11.1 Å². The van der Waals surface area contributed by atoms with Crippen LogP contribution in [0.5, 0.6) is 0 Å². The number of nitrogens with zero attached hydrogens (tertiary/aromatic N) is 1. The number of aryl methyl sites for hydroxylation is 1. The third kappa shape index (κ3) is 3.13. The molecule has 0 saturated heterocycles. The Balaban J connectivity index is 2.22. The largest absolute Gasteiger partial charge is 0.395 e. The van der Waals surface area contributed by atoms with Crippen molar-refractivity contribution in [1.29, 1.82) is 0 Å². The molecule has 0 fully saturated rings. The van der Waals surface area contributed by atoms with E-state index in [-0.39, 0.29) is 11.6 Å². The van der Waals surface area contributed by atoms with Crippen LogP contribution < -0.4 is 11.1 Å². The van der Waals surface area contributed by atoms with Crippen LogP contribution >= 0.6 is 27.5 Å². The van der Waals surface area contributed by atoms with Crippen molar-refractivity contribution in [2.24, 2.45) is 0 Å². The highest BCUT2D eigenvalue weighted by atomic mass is 79.9. The summed E-state index contributed by atoms with van der Waals surface area (Å²) in [4.78, 5) is 12.2. The van der Waals surface area contributed by atoms with Crippen LogP contribution in [-0.4, -0.2) is 16.1 Å². The van der Waals surface area contributed by atoms with Crippen LogP contribution in [0.15, 0.2) is 22.7 Å². The number of benzene rings is 1. The van der Waals surface area contributed by atoms with Crippen molar-refractivity contribution in [3.63, 3.8) is 0 Å². The summed E-state index contributed by atoms with van der Waals surface area (Å²) < 4.78 is 0.818. The van der Waals surface area contributed by atoms with E-state index in [1.165, 1.54) is 0 Å². The van der Waals surface area contributed by atoms with Gasteiger partial charge in [-0.25, -0.2) is 0 Å². The van der Waals surface area contributed by atoms with Gasteiger partial charge in [-0.15, -0.1) is 0 Å². The molecular formula is C13H14BrClN4O. The number of nitrogens with two attached hydrogens (primary N) is 1. The van der Waals surface area contributed by atoms with Crippen molar-refractivity contribution in [3.05, 3.63) is 39.1 Å². The minimum atomic E-state index is -0.388. The molecule has 2 aromatic rings. The normalized spacial score (nSPS) is 10.6. The lowest BCUT2D eigenvalue weighted by Gasteiger charge is -2.06. The molecule has 0 radical (unpaired) electrons. The Morgan fingerprint density at radius 3 is 3.00 bits per heavy atom. The van der Waals surface area contributed by atoms with Crippen molar-refractivity contribution in [2.45, 2.75) is 19.8 Å². The van der Waals surface area contributed by atoms with E-state index in [0.717, 1.165) is 23.0 Å². The number of aromatic amines is 1. The smallest absolute Gasteiger partial charge is 0.278 e. The highest BCUT2D eigenvalue weighted by Gasteiger charge is 2.17. The van der Waals surface area contributed by atoms with Crippen LogP contribution in [0.1, 0.15) is 29.5 Å². The van der Waals surface area contributed by atoms with E-state index < -0.39 is 0 Å². The monoisotopic (exact) mass is 356 g/mol. The van der Waals surface area contributed by atoms with Gasteiger partial charge in [0.1, 0.15) is 0 Å². The Labute approximate surface area is 130 Å². The molecule has 0 unspecified atom stereocenters. The third-order valence-corrected chi connectivity index (χ3v) is 3.60. The molecule has 2 rings (SSSR count). The van der Waals surface area contributed by atoms with Crippen LogP contribution in [0, 0.1) is 0 Å². The highest BCUT2D eigenvalue weighted by molar-refractivity contribution is 9.10. The van der Waals surface area contributed by atoms with Crippen LogP contribution in [0.4, 0.5) is 11.4 Å². The van der Waals surface area contributed by atoms with Gasteiger partial charge in [0.25, 0.3) is 5.91 Å². The van der Waals surface area contributed by atoms with E-state index in [2.05, 4.69) is 31.4 Å². The summed E-state index contributed by atoms with van der Waals surface area (Å²) in [5.41, 5.74) is 7.77. The number of nitrogens with one attached hydrogen (secondary N) is 2. The predicted octanol–water partition coefficient (Wildman–Crippen LogP) is 3.61. The van der Waals surface area contributed by atoms with Crippen molar-refractivity contribution in [3.8, 4) is 0 Å². The Kier molecular flexibility index (Phi) is 4.67. The number of carbonyl (C=O) groups excluding carboxylic acids is 1. The van der Waals surface area contributed by atoms with Crippen LogP contribution in [0.25, 0.3) is 0 Å². The lowest BCUT2D eigenvalue weighted by molar-refractivity contribution is 0.102. The van der Waals surface area contributed by atoms with E-state index >= 15 is 0 Å². The lowest BCUT2D eigenvalue weighted by Crippen LogP contribution is -2.14. The van der Waals surface area contributed by atoms with E-state index in [1.54, 1.807) is 18.2 Å². The zero-order valence-electron chi connectivity index (χ0n) is 10.8. The van der Waals surface area contributed by atoms with Gasteiger partial charge in [-0.05, 0) is 24.6 Å². The number of halogens is 2. The highest BCUT2D eigenvalue weighted by Crippen LogP contribution is 2.26. The second-order valence-corrected chi connectivity index (χ2v) is 5.62. The molecule has 7 heteroatoms. The second-order valence-electron chi connectivity index (χ2n) is 4.29. The number of nitrogen functional groups attached to an aromatic ring is 1. The van der Waals surface area contributed by atoms with E-state index in [0.29, 0.717) is 16.4 Å². The Hall–Kier alpha value is -1.53. The maximum Gasteiger partial charge on any atom is 0.278 e. The summed E-state index contributed by atoms with van der Waals surface area (Å²) in [6, 6.07) is 5.20. The molecule has 20 heavy (non-hydrogen) atoms. The molecule has 0 aliphatic rings. The van der Waals surface area contributed by atoms with Crippen LogP contribution in [0.3, 0.4) is 0 Å². The van der Waals surface area contributed by atoms with E-state index in [1.807, 2.05) is 6.92 Å². The number of hydrogen-bond acceptors (Lipinski definition) is 3. The summed E-state index contributed by atoms with van der Waals surface area (Å²) in [5, 5.41) is 9.90. The molecule has 1 aromatic heterocycles.